The van der Waals surface area contributed by atoms with Gasteiger partial charge in [-0.2, -0.15) is 0 Å². The van der Waals surface area contributed by atoms with E-state index in [1.54, 1.807) is 0 Å². The molecule has 16 heavy (non-hydrogen) atoms. The summed E-state index contributed by atoms with van der Waals surface area (Å²) in [6.07, 6.45) is 3.19. The second-order valence-electron chi connectivity index (χ2n) is 5.18. The predicted octanol–water partition coefficient (Wildman–Crippen LogP) is 1.79. The molecule has 1 aliphatic heterocycles. The summed E-state index contributed by atoms with van der Waals surface area (Å²) in [6, 6.07) is 0. The van der Waals surface area contributed by atoms with E-state index in [1.165, 1.54) is 0 Å². The molecule has 2 unspecified atom stereocenters. The zero-order valence-corrected chi connectivity index (χ0v) is 10.5. The maximum Gasteiger partial charge on any atom is 0.332 e. The number of hydrogen-bond donors (Lipinski definition) is 2. The number of rotatable bonds is 6. The predicted molar refractivity (Wildman–Crippen MR) is 62.5 cm³/mol. The van der Waals surface area contributed by atoms with Gasteiger partial charge in [-0.25, -0.2) is 4.79 Å². The highest BCUT2D eigenvalue weighted by Crippen LogP contribution is 2.20. The molecule has 0 aromatic heterocycles. The van der Waals surface area contributed by atoms with Crippen LogP contribution >= 0.6 is 0 Å². The standard InChI is InChI=1S/C12H23NO3/c1-4-7-12(2,3)13-8-9-5-6-10(16-9)11(14)15/h9-10,13H,4-8H2,1-3H3,(H,14,15). The lowest BCUT2D eigenvalue weighted by Crippen LogP contribution is -2.43. The fraction of sp³-hybridized carbons (Fsp3) is 0.917. The number of carboxylic acid groups (broad SMARTS) is 1. The molecule has 1 fully saturated rings. The van der Waals surface area contributed by atoms with Gasteiger partial charge in [0.1, 0.15) is 0 Å². The van der Waals surface area contributed by atoms with Crippen LogP contribution in [0.25, 0.3) is 0 Å². The van der Waals surface area contributed by atoms with Crippen molar-refractivity contribution in [2.75, 3.05) is 6.54 Å². The number of hydrogen-bond acceptors (Lipinski definition) is 3. The van der Waals surface area contributed by atoms with E-state index in [4.69, 9.17) is 9.84 Å². The van der Waals surface area contributed by atoms with Crippen molar-refractivity contribution < 1.29 is 14.6 Å². The third-order valence-corrected chi connectivity index (χ3v) is 3.07. The lowest BCUT2D eigenvalue weighted by atomic mass is 9.98. The Labute approximate surface area is 97.4 Å². The molecular weight excluding hydrogens is 206 g/mol. The summed E-state index contributed by atoms with van der Waals surface area (Å²) in [5.41, 5.74) is 0.111. The van der Waals surface area contributed by atoms with Gasteiger partial charge < -0.3 is 15.2 Å². The third kappa shape index (κ3) is 4.10. The molecule has 4 heteroatoms. The average molecular weight is 229 g/mol. The molecule has 4 nitrogen and oxygen atoms in total. The molecule has 1 aliphatic rings. The summed E-state index contributed by atoms with van der Waals surface area (Å²) < 4.78 is 5.43. The smallest absolute Gasteiger partial charge is 0.332 e. The lowest BCUT2D eigenvalue weighted by molar-refractivity contribution is -0.149. The largest absolute Gasteiger partial charge is 0.479 e. The minimum Gasteiger partial charge on any atom is -0.479 e. The molecule has 94 valence electrons. The van der Waals surface area contributed by atoms with Crippen LogP contribution in [-0.4, -0.2) is 35.4 Å². The Morgan fingerprint density at radius 1 is 1.50 bits per heavy atom. The molecule has 2 N–H and O–H groups in total. The average Bonchev–Trinajstić information content (AvgIpc) is 2.63. The minimum absolute atomic E-state index is 0.0530. The summed E-state index contributed by atoms with van der Waals surface area (Å²) in [4.78, 5) is 10.7. The van der Waals surface area contributed by atoms with E-state index < -0.39 is 12.1 Å². The van der Waals surface area contributed by atoms with Gasteiger partial charge in [0.25, 0.3) is 0 Å². The first kappa shape index (κ1) is 13.5. The molecule has 0 saturated carbocycles. The highest BCUT2D eigenvalue weighted by Gasteiger charge is 2.31. The van der Waals surface area contributed by atoms with E-state index in [-0.39, 0.29) is 11.6 Å². The Kier molecular flexibility index (Phi) is 4.74. The summed E-state index contributed by atoms with van der Waals surface area (Å²) in [6.45, 7) is 7.24. The highest BCUT2D eigenvalue weighted by molar-refractivity contribution is 5.72. The van der Waals surface area contributed by atoms with Crippen LogP contribution in [0.1, 0.15) is 46.5 Å². The van der Waals surface area contributed by atoms with E-state index >= 15 is 0 Å². The van der Waals surface area contributed by atoms with Gasteiger partial charge in [-0.15, -0.1) is 0 Å². The van der Waals surface area contributed by atoms with Crippen LogP contribution in [0.2, 0.25) is 0 Å². The van der Waals surface area contributed by atoms with Crippen molar-refractivity contribution in [3.8, 4) is 0 Å². The Hall–Kier alpha value is -0.610. The number of carbonyl (C=O) groups is 1. The maximum atomic E-state index is 10.7. The Balaban J connectivity index is 2.27. The van der Waals surface area contributed by atoms with Crippen LogP contribution in [0, 0.1) is 0 Å². The first-order chi connectivity index (χ1) is 7.44. The van der Waals surface area contributed by atoms with E-state index in [0.717, 1.165) is 25.8 Å². The van der Waals surface area contributed by atoms with Crippen molar-refractivity contribution in [3.05, 3.63) is 0 Å². The van der Waals surface area contributed by atoms with E-state index in [0.29, 0.717) is 6.42 Å². The Morgan fingerprint density at radius 2 is 2.19 bits per heavy atom. The van der Waals surface area contributed by atoms with Crippen molar-refractivity contribution in [1.82, 2.24) is 5.32 Å². The highest BCUT2D eigenvalue weighted by atomic mass is 16.5. The lowest BCUT2D eigenvalue weighted by Gasteiger charge is -2.27. The normalized spacial score (nSPS) is 25.9. The van der Waals surface area contributed by atoms with Gasteiger partial charge in [0.05, 0.1) is 6.10 Å². The van der Waals surface area contributed by atoms with E-state index in [2.05, 4.69) is 26.1 Å². The first-order valence-corrected chi connectivity index (χ1v) is 6.08. The van der Waals surface area contributed by atoms with Crippen molar-refractivity contribution in [3.63, 3.8) is 0 Å². The van der Waals surface area contributed by atoms with Gasteiger partial charge in [-0.1, -0.05) is 13.3 Å². The van der Waals surface area contributed by atoms with Crippen LogP contribution in [-0.2, 0) is 9.53 Å². The van der Waals surface area contributed by atoms with Crippen LogP contribution in [0.3, 0.4) is 0 Å². The van der Waals surface area contributed by atoms with Crippen molar-refractivity contribution >= 4 is 5.97 Å². The van der Waals surface area contributed by atoms with Gasteiger partial charge >= 0.3 is 5.97 Å². The third-order valence-electron chi connectivity index (χ3n) is 3.07. The van der Waals surface area contributed by atoms with Crippen molar-refractivity contribution in [2.24, 2.45) is 0 Å². The molecule has 0 aromatic carbocycles. The number of nitrogens with one attached hydrogen (secondary N) is 1. The second kappa shape index (κ2) is 5.64. The molecule has 1 saturated heterocycles. The zero-order valence-electron chi connectivity index (χ0n) is 10.5. The molecule has 1 rings (SSSR count). The molecule has 0 amide bonds. The molecule has 0 bridgehead atoms. The Bertz CT molecular complexity index is 240. The molecule has 1 heterocycles. The van der Waals surface area contributed by atoms with Crippen LogP contribution in [0.15, 0.2) is 0 Å². The van der Waals surface area contributed by atoms with Crippen LogP contribution in [0.4, 0.5) is 0 Å². The molecule has 0 aliphatic carbocycles. The van der Waals surface area contributed by atoms with Gasteiger partial charge in [0.15, 0.2) is 6.10 Å². The SMILES string of the molecule is CCCC(C)(C)NCC1CCC(C(=O)O)O1. The van der Waals surface area contributed by atoms with Crippen LogP contribution in [0.5, 0.6) is 0 Å². The maximum absolute atomic E-state index is 10.7. The number of carboxylic acids is 1. The summed E-state index contributed by atoms with van der Waals surface area (Å²) >= 11 is 0. The van der Waals surface area contributed by atoms with Gasteiger partial charge in [0, 0.05) is 12.1 Å². The number of aliphatic carboxylic acids is 1. The van der Waals surface area contributed by atoms with Gasteiger partial charge in [-0.3, -0.25) is 0 Å². The van der Waals surface area contributed by atoms with E-state index in [9.17, 15) is 4.79 Å². The molecule has 2 atom stereocenters. The van der Waals surface area contributed by atoms with Gasteiger partial charge in [0.2, 0.25) is 0 Å². The fourth-order valence-electron chi connectivity index (χ4n) is 2.14. The topological polar surface area (TPSA) is 58.6 Å². The van der Waals surface area contributed by atoms with E-state index in [1.807, 2.05) is 0 Å². The second-order valence-corrected chi connectivity index (χ2v) is 5.18. The fourth-order valence-corrected chi connectivity index (χ4v) is 2.14. The van der Waals surface area contributed by atoms with Gasteiger partial charge in [-0.05, 0) is 33.1 Å². The molecule has 0 aromatic rings. The zero-order chi connectivity index (χ0) is 12.2. The summed E-state index contributed by atoms with van der Waals surface area (Å²) in [7, 11) is 0. The summed E-state index contributed by atoms with van der Waals surface area (Å²) in [5, 5.41) is 12.2. The van der Waals surface area contributed by atoms with Crippen molar-refractivity contribution in [2.45, 2.75) is 64.2 Å². The van der Waals surface area contributed by atoms with Crippen molar-refractivity contribution in [1.29, 1.82) is 0 Å². The summed E-state index contributed by atoms with van der Waals surface area (Å²) in [5.74, 6) is -0.838. The van der Waals surface area contributed by atoms with Crippen LogP contribution < -0.4 is 5.32 Å². The molecular formula is C12H23NO3. The first-order valence-electron chi connectivity index (χ1n) is 6.08. The quantitative estimate of drug-likeness (QED) is 0.729. The minimum atomic E-state index is -0.838. The monoisotopic (exact) mass is 229 g/mol. The molecule has 0 radical (unpaired) electrons. The number of ether oxygens (including phenoxy) is 1. The molecule has 0 spiro atoms. The Morgan fingerprint density at radius 3 is 2.69 bits per heavy atom.